The van der Waals surface area contributed by atoms with Crippen molar-refractivity contribution in [2.75, 3.05) is 0 Å². The Morgan fingerprint density at radius 1 is 1.12 bits per heavy atom. The van der Waals surface area contributed by atoms with Crippen LogP contribution in [0.3, 0.4) is 0 Å². The summed E-state index contributed by atoms with van der Waals surface area (Å²) in [6.45, 7) is 1.52. The fraction of sp³-hybridized carbons (Fsp3) is 0.550. The number of nitrogens with one attached hydrogen (secondary N) is 1. The van der Waals surface area contributed by atoms with Gasteiger partial charge in [-0.15, -0.1) is 0 Å². The molecular formula is C20H25N3O3. The van der Waals surface area contributed by atoms with E-state index in [1.165, 1.54) is 18.1 Å². The van der Waals surface area contributed by atoms with Gasteiger partial charge >= 0.3 is 0 Å². The number of carbonyl (C=O) groups excluding carboxylic acids is 1. The van der Waals surface area contributed by atoms with Crippen LogP contribution in [0.25, 0.3) is 11.5 Å². The van der Waals surface area contributed by atoms with E-state index in [0.717, 1.165) is 57.8 Å². The van der Waals surface area contributed by atoms with E-state index >= 15 is 0 Å². The van der Waals surface area contributed by atoms with Gasteiger partial charge in [0.25, 0.3) is 5.89 Å². The quantitative estimate of drug-likeness (QED) is 0.878. The van der Waals surface area contributed by atoms with E-state index in [9.17, 15) is 9.90 Å². The van der Waals surface area contributed by atoms with Crippen molar-refractivity contribution in [2.24, 2.45) is 0 Å². The Balaban J connectivity index is 1.70. The molecule has 0 unspecified atom stereocenters. The van der Waals surface area contributed by atoms with Crippen molar-refractivity contribution in [3.05, 3.63) is 29.1 Å². The first kappa shape index (κ1) is 17.1. The molecular weight excluding hydrogens is 330 g/mol. The maximum absolute atomic E-state index is 11.7. The zero-order valence-corrected chi connectivity index (χ0v) is 15.2. The molecule has 2 aliphatic rings. The Kier molecular flexibility index (Phi) is 4.42. The lowest BCUT2D eigenvalue weighted by molar-refractivity contribution is -0.121. The number of benzene rings is 1. The molecule has 0 spiro atoms. The SMILES string of the molecule is CC(=O)NC1(c2noc(-c3cc4c(cc3O)CCCC4)n2)CCCCC1. The lowest BCUT2D eigenvalue weighted by Gasteiger charge is -2.34. The number of phenols is 1. The monoisotopic (exact) mass is 355 g/mol. The molecule has 1 heterocycles. The van der Waals surface area contributed by atoms with E-state index in [-0.39, 0.29) is 11.7 Å². The van der Waals surface area contributed by atoms with Gasteiger partial charge in [-0.3, -0.25) is 4.79 Å². The first-order valence-electron chi connectivity index (χ1n) is 9.55. The Bertz CT molecular complexity index is 822. The van der Waals surface area contributed by atoms with Crippen molar-refractivity contribution >= 4 is 5.91 Å². The number of hydrogen-bond donors (Lipinski definition) is 2. The van der Waals surface area contributed by atoms with E-state index in [1.54, 1.807) is 0 Å². The van der Waals surface area contributed by atoms with Gasteiger partial charge in [0, 0.05) is 6.92 Å². The van der Waals surface area contributed by atoms with Gasteiger partial charge in [0.1, 0.15) is 11.3 Å². The van der Waals surface area contributed by atoms with Crippen molar-refractivity contribution in [2.45, 2.75) is 70.3 Å². The summed E-state index contributed by atoms with van der Waals surface area (Å²) < 4.78 is 5.51. The van der Waals surface area contributed by atoms with Gasteiger partial charge in [-0.05, 0) is 61.8 Å². The number of aromatic hydroxyl groups is 1. The molecule has 1 saturated carbocycles. The number of fused-ring (bicyclic) bond motifs is 1. The van der Waals surface area contributed by atoms with Crippen molar-refractivity contribution in [3.8, 4) is 17.2 Å². The maximum Gasteiger partial charge on any atom is 0.261 e. The summed E-state index contributed by atoms with van der Waals surface area (Å²) in [5.41, 5.74) is 2.48. The average molecular weight is 355 g/mol. The summed E-state index contributed by atoms with van der Waals surface area (Å²) in [6, 6.07) is 3.81. The third-order valence-electron chi connectivity index (χ3n) is 5.67. The number of hydrogen-bond acceptors (Lipinski definition) is 5. The van der Waals surface area contributed by atoms with Gasteiger partial charge in [-0.25, -0.2) is 0 Å². The molecule has 2 aromatic rings. The first-order chi connectivity index (χ1) is 12.6. The smallest absolute Gasteiger partial charge is 0.261 e. The minimum Gasteiger partial charge on any atom is -0.507 e. The van der Waals surface area contributed by atoms with Crippen molar-refractivity contribution in [1.82, 2.24) is 15.5 Å². The fourth-order valence-corrected chi connectivity index (χ4v) is 4.37. The molecule has 0 aliphatic heterocycles. The predicted molar refractivity (Wildman–Crippen MR) is 96.6 cm³/mol. The zero-order chi connectivity index (χ0) is 18.1. The van der Waals surface area contributed by atoms with Crippen LogP contribution in [0.4, 0.5) is 0 Å². The van der Waals surface area contributed by atoms with E-state index in [0.29, 0.717) is 17.3 Å². The second-order valence-electron chi connectivity index (χ2n) is 7.59. The Hall–Kier alpha value is -2.37. The predicted octanol–water partition coefficient (Wildman–Crippen LogP) is 3.62. The molecule has 6 heteroatoms. The van der Waals surface area contributed by atoms with Crippen LogP contribution in [0.2, 0.25) is 0 Å². The molecule has 0 radical (unpaired) electrons. The van der Waals surface area contributed by atoms with Crippen molar-refractivity contribution < 1.29 is 14.4 Å². The molecule has 0 atom stereocenters. The topological polar surface area (TPSA) is 88.2 Å². The molecule has 4 rings (SSSR count). The standard InChI is InChI=1S/C20H25N3O3/c1-13(24)22-20(9-5-2-6-10-20)19-21-18(26-23-19)16-11-14-7-3-4-8-15(14)12-17(16)25/h11-12,25H,2-10H2,1H3,(H,22,24). The van der Waals surface area contributed by atoms with E-state index < -0.39 is 5.54 Å². The molecule has 1 aromatic carbocycles. The van der Waals surface area contributed by atoms with Crippen LogP contribution in [0.1, 0.15) is 68.8 Å². The Morgan fingerprint density at radius 3 is 2.50 bits per heavy atom. The summed E-state index contributed by atoms with van der Waals surface area (Å²) in [4.78, 5) is 16.3. The first-order valence-corrected chi connectivity index (χ1v) is 9.55. The summed E-state index contributed by atoms with van der Waals surface area (Å²) in [5.74, 6) is 0.925. The molecule has 2 aliphatic carbocycles. The highest BCUT2D eigenvalue weighted by Crippen LogP contribution is 2.38. The molecule has 6 nitrogen and oxygen atoms in total. The van der Waals surface area contributed by atoms with Crippen LogP contribution < -0.4 is 5.32 Å². The maximum atomic E-state index is 11.7. The molecule has 1 fully saturated rings. The Morgan fingerprint density at radius 2 is 1.81 bits per heavy atom. The molecule has 2 N–H and O–H groups in total. The number of nitrogens with zero attached hydrogens (tertiary/aromatic N) is 2. The van der Waals surface area contributed by atoms with Crippen LogP contribution in [0.5, 0.6) is 5.75 Å². The van der Waals surface area contributed by atoms with Crippen LogP contribution in [-0.4, -0.2) is 21.2 Å². The molecule has 1 aromatic heterocycles. The van der Waals surface area contributed by atoms with E-state index in [2.05, 4.69) is 15.5 Å². The largest absolute Gasteiger partial charge is 0.507 e. The second kappa shape index (κ2) is 6.74. The van der Waals surface area contributed by atoms with Crippen LogP contribution in [0.15, 0.2) is 16.7 Å². The summed E-state index contributed by atoms with van der Waals surface area (Å²) >= 11 is 0. The second-order valence-corrected chi connectivity index (χ2v) is 7.59. The minimum absolute atomic E-state index is 0.0881. The highest BCUT2D eigenvalue weighted by Gasteiger charge is 2.39. The molecule has 0 saturated heterocycles. The van der Waals surface area contributed by atoms with Crippen LogP contribution >= 0.6 is 0 Å². The molecule has 138 valence electrons. The average Bonchev–Trinajstić information content (AvgIpc) is 3.12. The zero-order valence-electron chi connectivity index (χ0n) is 15.2. The lowest BCUT2D eigenvalue weighted by atomic mass is 9.81. The highest BCUT2D eigenvalue weighted by atomic mass is 16.5. The highest BCUT2D eigenvalue weighted by molar-refractivity contribution is 5.74. The number of aromatic nitrogens is 2. The van der Waals surface area contributed by atoms with Gasteiger partial charge in [0.15, 0.2) is 5.82 Å². The molecule has 1 amide bonds. The van der Waals surface area contributed by atoms with Crippen molar-refractivity contribution in [3.63, 3.8) is 0 Å². The number of phenolic OH excluding ortho intramolecular Hbond substituents is 1. The minimum atomic E-state index is -0.560. The van der Waals surface area contributed by atoms with E-state index in [4.69, 9.17) is 4.52 Å². The fourth-order valence-electron chi connectivity index (χ4n) is 4.37. The molecule has 0 bridgehead atoms. The number of aryl methyl sites for hydroxylation is 2. The van der Waals surface area contributed by atoms with E-state index in [1.807, 2.05) is 12.1 Å². The Labute approximate surface area is 153 Å². The number of amides is 1. The van der Waals surface area contributed by atoms with Gasteiger partial charge < -0.3 is 14.9 Å². The normalized spacial score (nSPS) is 19.0. The summed E-state index contributed by atoms with van der Waals surface area (Å²) in [5, 5.41) is 17.7. The summed E-state index contributed by atoms with van der Waals surface area (Å²) in [6.07, 6.45) is 9.15. The number of rotatable bonds is 3. The van der Waals surface area contributed by atoms with Gasteiger partial charge in [0.2, 0.25) is 5.91 Å². The lowest BCUT2D eigenvalue weighted by Crippen LogP contribution is -2.47. The number of carbonyl (C=O) groups is 1. The van der Waals surface area contributed by atoms with Crippen LogP contribution in [0, 0.1) is 0 Å². The summed E-state index contributed by atoms with van der Waals surface area (Å²) in [7, 11) is 0. The van der Waals surface area contributed by atoms with Crippen LogP contribution in [-0.2, 0) is 23.2 Å². The van der Waals surface area contributed by atoms with Crippen molar-refractivity contribution in [1.29, 1.82) is 0 Å². The van der Waals surface area contributed by atoms with Gasteiger partial charge in [-0.2, -0.15) is 4.98 Å². The molecule has 26 heavy (non-hydrogen) atoms. The van der Waals surface area contributed by atoms with Gasteiger partial charge in [0.05, 0.1) is 5.56 Å². The third-order valence-corrected chi connectivity index (χ3v) is 5.67. The third kappa shape index (κ3) is 3.08. The van der Waals surface area contributed by atoms with Gasteiger partial charge in [-0.1, -0.05) is 24.4 Å².